The van der Waals surface area contributed by atoms with Gasteiger partial charge in [0.1, 0.15) is 18.8 Å². The maximum Gasteiger partial charge on any atom is 0.490 e. The molecule has 1 fully saturated rings. The second-order valence-electron chi connectivity index (χ2n) is 8.18. The van der Waals surface area contributed by atoms with E-state index in [1.54, 1.807) is 0 Å². The molecule has 3 N–H and O–H groups in total. The van der Waals surface area contributed by atoms with Crippen LogP contribution >= 0.6 is 0 Å². The Labute approximate surface area is 230 Å². The Morgan fingerprint density at radius 1 is 0.927 bits per heavy atom. The van der Waals surface area contributed by atoms with Crippen LogP contribution in [0.4, 0.5) is 13.2 Å². The molecule has 1 rings (SSSR count). The first-order chi connectivity index (χ1) is 18.7. The van der Waals surface area contributed by atoms with Crippen LogP contribution in [0.2, 0.25) is 0 Å². The van der Waals surface area contributed by atoms with E-state index >= 15 is 0 Å². The summed E-state index contributed by atoms with van der Waals surface area (Å²) in [7, 11) is 0.993. The molecule has 0 spiro atoms. The van der Waals surface area contributed by atoms with Crippen molar-refractivity contribution in [1.82, 2.24) is 0 Å². The van der Waals surface area contributed by atoms with E-state index in [4.69, 9.17) is 48.8 Å². The number of rotatable bonds is 9. The first kappa shape index (κ1) is 37.0. The lowest BCUT2D eigenvalue weighted by Gasteiger charge is -2.46. The summed E-state index contributed by atoms with van der Waals surface area (Å²) in [5.41, 5.74) is 6.23. The number of carboxylic acid groups (broad SMARTS) is 1. The average Bonchev–Trinajstić information content (AvgIpc) is 2.80. The van der Waals surface area contributed by atoms with Gasteiger partial charge >= 0.3 is 53.7 Å². The molecule has 234 valence electrons. The fraction of sp³-hybridized carbons (Fsp3) is 0.682. The van der Waals surface area contributed by atoms with Crippen LogP contribution in [-0.4, -0.2) is 103 Å². The van der Waals surface area contributed by atoms with E-state index in [9.17, 15) is 41.9 Å². The third-order valence-corrected chi connectivity index (χ3v) is 4.73. The third-order valence-electron chi connectivity index (χ3n) is 4.73. The lowest BCUT2D eigenvalue weighted by Crippen LogP contribution is -2.68. The summed E-state index contributed by atoms with van der Waals surface area (Å²) in [6.45, 7) is 4.65. The van der Waals surface area contributed by atoms with Gasteiger partial charge in [-0.3, -0.25) is 24.0 Å². The Hall–Kier alpha value is -4.00. The van der Waals surface area contributed by atoms with Crippen LogP contribution in [0.25, 0.3) is 0 Å². The molecule has 0 radical (unpaired) electrons. The van der Waals surface area contributed by atoms with Crippen molar-refractivity contribution in [3.63, 3.8) is 0 Å². The number of hydrogen-bond acceptors (Lipinski definition) is 15. The second-order valence-corrected chi connectivity index (χ2v) is 8.18. The summed E-state index contributed by atoms with van der Waals surface area (Å²) >= 11 is 0. The van der Waals surface area contributed by atoms with Crippen LogP contribution in [0, 0.1) is 0 Å². The predicted molar refractivity (Wildman–Crippen MR) is 121 cm³/mol. The number of hydrogen-bond donors (Lipinski definition) is 2. The summed E-state index contributed by atoms with van der Waals surface area (Å²) in [5, 5.41) is 7.12. The second kappa shape index (κ2) is 15.7. The molecular weight excluding hydrogens is 575 g/mol. The number of nitrogens with two attached hydrogens (primary N) is 1. The number of carbonyl (C=O) groups excluding carboxylic acids is 6. The van der Waals surface area contributed by atoms with Gasteiger partial charge in [-0.2, -0.15) is 13.2 Å². The number of carbonyl (C=O) groups is 7. The largest absolute Gasteiger partial charge is 0.490 e. The standard InChI is InChI=1S/C20H29NO13.C2HF3O2/c1-9(22)29-8-15(31-11(3)24)17(32-12(4)25)18-16(21)14(30-10(2)23)7-20(34-18,19(27)28-6)33-13(5)26;3-2(4,5)1(6)7/h14-18H,7-8,21H2,1-6H3;(H,6,7)/t14-,15+,16+,17-,18+,20?;/m0./s1. The zero-order valence-corrected chi connectivity index (χ0v) is 22.7. The minimum absolute atomic E-state index is 0.550. The van der Waals surface area contributed by atoms with E-state index in [0.717, 1.165) is 41.7 Å². The Morgan fingerprint density at radius 3 is 1.80 bits per heavy atom. The molecule has 19 heteroatoms. The highest BCUT2D eigenvalue weighted by atomic mass is 19.4. The maximum absolute atomic E-state index is 12.6. The van der Waals surface area contributed by atoms with Gasteiger partial charge in [-0.1, -0.05) is 0 Å². The molecule has 0 aromatic carbocycles. The number of halogens is 3. The van der Waals surface area contributed by atoms with Crippen LogP contribution in [0.3, 0.4) is 0 Å². The van der Waals surface area contributed by atoms with Crippen LogP contribution in [0.15, 0.2) is 0 Å². The minimum atomic E-state index is -5.08. The number of aliphatic carboxylic acids is 1. The molecule has 0 amide bonds. The molecule has 0 saturated carbocycles. The molecule has 1 aliphatic heterocycles. The van der Waals surface area contributed by atoms with E-state index in [1.807, 2.05) is 0 Å². The van der Waals surface area contributed by atoms with E-state index in [0.29, 0.717) is 0 Å². The summed E-state index contributed by atoms with van der Waals surface area (Å²) in [5.74, 6) is -10.6. The predicted octanol–water partition coefficient (Wildman–Crippen LogP) is -0.473. The van der Waals surface area contributed by atoms with Crippen molar-refractivity contribution >= 4 is 41.8 Å². The van der Waals surface area contributed by atoms with E-state index < -0.39 is 97.2 Å². The van der Waals surface area contributed by atoms with E-state index in [1.165, 1.54) is 0 Å². The molecule has 0 aliphatic carbocycles. The minimum Gasteiger partial charge on any atom is -0.475 e. The van der Waals surface area contributed by atoms with E-state index in [2.05, 4.69) is 0 Å². The zero-order chi connectivity index (χ0) is 32.3. The van der Waals surface area contributed by atoms with Crippen molar-refractivity contribution in [1.29, 1.82) is 0 Å². The highest BCUT2D eigenvalue weighted by Gasteiger charge is 2.59. The lowest BCUT2D eigenvalue weighted by atomic mass is 9.88. The smallest absolute Gasteiger partial charge is 0.475 e. The van der Waals surface area contributed by atoms with Crippen LogP contribution in [0.5, 0.6) is 0 Å². The summed E-state index contributed by atoms with van der Waals surface area (Å²) in [4.78, 5) is 80.0. The van der Waals surface area contributed by atoms with Gasteiger partial charge in [-0.05, 0) is 0 Å². The first-order valence-corrected chi connectivity index (χ1v) is 11.3. The van der Waals surface area contributed by atoms with Gasteiger partial charge in [0, 0.05) is 34.6 Å². The van der Waals surface area contributed by atoms with E-state index in [-0.39, 0.29) is 0 Å². The monoisotopic (exact) mass is 605 g/mol. The fourth-order valence-corrected chi connectivity index (χ4v) is 3.36. The van der Waals surface area contributed by atoms with Crippen molar-refractivity contribution < 1.29 is 85.0 Å². The lowest BCUT2D eigenvalue weighted by molar-refractivity contribution is -0.302. The highest BCUT2D eigenvalue weighted by Crippen LogP contribution is 2.36. The Bertz CT molecular complexity index is 1000. The molecule has 0 aromatic heterocycles. The topological polar surface area (TPSA) is 230 Å². The van der Waals surface area contributed by atoms with Gasteiger partial charge in [0.05, 0.1) is 19.6 Å². The number of carboxylic acids is 1. The highest BCUT2D eigenvalue weighted by molar-refractivity contribution is 5.82. The number of alkyl halides is 3. The first-order valence-electron chi connectivity index (χ1n) is 11.3. The quantitative estimate of drug-likeness (QED) is 0.250. The fourth-order valence-electron chi connectivity index (χ4n) is 3.36. The van der Waals surface area contributed by atoms with Crippen molar-refractivity contribution in [3.05, 3.63) is 0 Å². The van der Waals surface area contributed by atoms with Crippen molar-refractivity contribution in [2.75, 3.05) is 13.7 Å². The molecule has 1 heterocycles. The van der Waals surface area contributed by atoms with Gasteiger partial charge in [0.25, 0.3) is 0 Å². The molecule has 16 nitrogen and oxygen atoms in total. The molecule has 6 atom stereocenters. The zero-order valence-electron chi connectivity index (χ0n) is 22.7. The van der Waals surface area contributed by atoms with Gasteiger partial charge in [0.2, 0.25) is 0 Å². The summed E-state index contributed by atoms with van der Waals surface area (Å²) in [6, 6.07) is -1.29. The molecule has 0 aromatic rings. The van der Waals surface area contributed by atoms with Gasteiger partial charge < -0.3 is 44.0 Å². The van der Waals surface area contributed by atoms with Crippen molar-refractivity contribution in [2.24, 2.45) is 5.73 Å². The van der Waals surface area contributed by atoms with Crippen LogP contribution in [0.1, 0.15) is 41.0 Å². The van der Waals surface area contributed by atoms with Crippen LogP contribution in [-0.2, 0) is 66.7 Å². The summed E-state index contributed by atoms with van der Waals surface area (Å²) < 4.78 is 67.9. The Kier molecular flexibility index (Phi) is 14.2. The van der Waals surface area contributed by atoms with Gasteiger partial charge in [0.15, 0.2) is 12.2 Å². The van der Waals surface area contributed by atoms with Crippen molar-refractivity contribution in [2.45, 2.75) is 83.5 Å². The number of methoxy groups -OCH3 is 1. The number of esters is 6. The Balaban J connectivity index is 0.00000201. The maximum atomic E-state index is 12.6. The third kappa shape index (κ3) is 12.4. The Morgan fingerprint density at radius 2 is 1.44 bits per heavy atom. The molecular formula is C22H30F3NO15. The number of ether oxygens (including phenoxy) is 7. The van der Waals surface area contributed by atoms with Crippen LogP contribution < -0.4 is 5.73 Å². The van der Waals surface area contributed by atoms with Gasteiger partial charge in [-0.25, -0.2) is 9.59 Å². The van der Waals surface area contributed by atoms with Gasteiger partial charge in [-0.15, -0.1) is 0 Å². The molecule has 1 aliphatic rings. The molecule has 41 heavy (non-hydrogen) atoms. The molecule has 1 saturated heterocycles. The molecule has 0 bridgehead atoms. The van der Waals surface area contributed by atoms with Crippen molar-refractivity contribution in [3.8, 4) is 0 Å². The molecule has 1 unspecified atom stereocenters. The SMILES string of the molecule is COC(=O)C1(OC(C)=O)C[C@H](OC(C)=O)[C@@H](N)[C@H]([C@@H](OC(C)=O)[C@@H](COC(C)=O)OC(C)=O)O1.O=C(O)C(F)(F)F. The average molecular weight is 605 g/mol. The summed E-state index contributed by atoms with van der Waals surface area (Å²) in [6.07, 6.45) is -11.6. The normalized spacial score (nSPS) is 23.2.